The van der Waals surface area contributed by atoms with Gasteiger partial charge in [0, 0.05) is 6.20 Å². The Balaban J connectivity index is 2.92. The summed E-state index contributed by atoms with van der Waals surface area (Å²) in [6.07, 6.45) is 1.75. The first-order valence-corrected chi connectivity index (χ1v) is 8.74. The molecule has 0 unspecified atom stereocenters. The molecule has 15 heavy (non-hydrogen) atoms. The van der Waals surface area contributed by atoms with Gasteiger partial charge in [-0.3, -0.25) is 0 Å². The van der Waals surface area contributed by atoms with E-state index >= 15 is 0 Å². The molecule has 4 heteroatoms. The van der Waals surface area contributed by atoms with Crippen molar-refractivity contribution >= 4 is 24.2 Å². The Bertz CT molecular complexity index is 347. The van der Waals surface area contributed by atoms with E-state index in [4.69, 9.17) is 4.43 Å². The third kappa shape index (κ3) is 3.05. The molecule has 1 heterocycles. The lowest BCUT2D eigenvalue weighted by atomic mass is 10.2. The van der Waals surface area contributed by atoms with E-state index in [9.17, 15) is 0 Å². The molecule has 0 radical (unpaired) electrons. The number of hydrogen-bond donors (Lipinski definition) is 0. The Kier molecular flexibility index (Phi) is 3.61. The molecule has 1 aromatic heterocycles. The average Bonchev–Trinajstić information content (AvgIpc) is 2.06. The lowest BCUT2D eigenvalue weighted by Gasteiger charge is -2.36. The highest BCUT2D eigenvalue weighted by Gasteiger charge is 2.39. The molecule has 1 aromatic rings. The van der Waals surface area contributed by atoms with Gasteiger partial charge in [-0.05, 0) is 46.2 Å². The molecule has 0 fully saturated rings. The van der Waals surface area contributed by atoms with Crippen molar-refractivity contribution in [2.45, 2.75) is 38.9 Å². The molecule has 0 saturated carbocycles. The summed E-state index contributed by atoms with van der Waals surface area (Å²) < 4.78 is 6.91. The third-order valence-electron chi connectivity index (χ3n) is 2.90. The topological polar surface area (TPSA) is 22.1 Å². The van der Waals surface area contributed by atoms with Crippen LogP contribution < -0.4 is 4.43 Å². The molecule has 0 aromatic carbocycles. The van der Waals surface area contributed by atoms with Gasteiger partial charge in [0.05, 0.1) is 0 Å². The van der Waals surface area contributed by atoms with Gasteiger partial charge in [0.2, 0.25) is 0 Å². The average molecular weight is 288 g/mol. The lowest BCUT2D eigenvalue weighted by Crippen LogP contribution is -2.43. The van der Waals surface area contributed by atoms with Gasteiger partial charge in [0.25, 0.3) is 8.32 Å². The first kappa shape index (κ1) is 12.7. The molecule has 0 aliphatic carbocycles. The first-order chi connectivity index (χ1) is 6.74. The van der Waals surface area contributed by atoms with Gasteiger partial charge in [-0.2, -0.15) is 0 Å². The minimum atomic E-state index is -1.75. The quantitative estimate of drug-likeness (QED) is 0.600. The van der Waals surface area contributed by atoms with E-state index in [2.05, 4.69) is 54.8 Å². The molecular formula is C11H18BrNOSi. The van der Waals surface area contributed by atoms with Crippen molar-refractivity contribution < 1.29 is 4.43 Å². The van der Waals surface area contributed by atoms with Crippen molar-refractivity contribution in [2.24, 2.45) is 0 Å². The normalized spacial score (nSPS) is 12.7. The number of rotatable bonds is 2. The van der Waals surface area contributed by atoms with Gasteiger partial charge < -0.3 is 4.43 Å². The van der Waals surface area contributed by atoms with Gasteiger partial charge in [0.15, 0.2) is 0 Å². The van der Waals surface area contributed by atoms with Crippen LogP contribution >= 0.6 is 15.9 Å². The summed E-state index contributed by atoms with van der Waals surface area (Å²) in [7, 11) is -1.75. The van der Waals surface area contributed by atoms with Crippen LogP contribution in [0.15, 0.2) is 22.9 Å². The Hall–Kier alpha value is -0.353. The second-order valence-corrected chi connectivity index (χ2v) is 10.6. The maximum atomic E-state index is 6.13. The summed E-state index contributed by atoms with van der Waals surface area (Å²) in [6.45, 7) is 11.1. The van der Waals surface area contributed by atoms with E-state index < -0.39 is 8.32 Å². The summed E-state index contributed by atoms with van der Waals surface area (Å²) in [4.78, 5) is 4.16. The van der Waals surface area contributed by atoms with Crippen LogP contribution in [-0.2, 0) is 0 Å². The summed E-state index contributed by atoms with van der Waals surface area (Å²) in [5, 5.41) is 0.211. The Morgan fingerprint density at radius 3 is 2.40 bits per heavy atom. The first-order valence-electron chi connectivity index (χ1n) is 5.03. The highest BCUT2D eigenvalue weighted by molar-refractivity contribution is 9.10. The van der Waals surface area contributed by atoms with Gasteiger partial charge in [-0.25, -0.2) is 4.98 Å². The predicted octanol–water partition coefficient (Wildman–Crippen LogP) is 4.23. The van der Waals surface area contributed by atoms with Gasteiger partial charge in [-0.15, -0.1) is 0 Å². The van der Waals surface area contributed by atoms with Crippen LogP contribution in [0.1, 0.15) is 20.8 Å². The standard InChI is InChI=1S/C11H18BrNOSi/c1-11(2,3)15(4,5)14-9-7-6-8-13-10(9)12/h6-8H,1-5H3. The largest absolute Gasteiger partial charge is 0.542 e. The van der Waals surface area contributed by atoms with E-state index in [0.717, 1.165) is 10.4 Å². The number of halogens is 1. The van der Waals surface area contributed by atoms with Gasteiger partial charge in [-0.1, -0.05) is 20.8 Å². The monoisotopic (exact) mass is 287 g/mol. The molecule has 84 valence electrons. The molecule has 0 aliphatic heterocycles. The minimum absolute atomic E-state index is 0.211. The third-order valence-corrected chi connectivity index (χ3v) is 7.83. The van der Waals surface area contributed by atoms with Gasteiger partial charge >= 0.3 is 0 Å². The lowest BCUT2D eigenvalue weighted by molar-refractivity contribution is 0.487. The van der Waals surface area contributed by atoms with Gasteiger partial charge in [0.1, 0.15) is 10.4 Å². The molecule has 2 nitrogen and oxygen atoms in total. The van der Waals surface area contributed by atoms with Crippen LogP contribution in [0.25, 0.3) is 0 Å². The number of hydrogen-bond acceptors (Lipinski definition) is 2. The van der Waals surface area contributed by atoms with E-state index in [1.54, 1.807) is 6.20 Å². The Morgan fingerprint density at radius 2 is 1.93 bits per heavy atom. The van der Waals surface area contributed by atoms with Crippen LogP contribution in [-0.4, -0.2) is 13.3 Å². The van der Waals surface area contributed by atoms with Crippen LogP contribution in [0, 0.1) is 0 Å². The molecule has 0 atom stereocenters. The Morgan fingerprint density at radius 1 is 1.33 bits per heavy atom. The van der Waals surface area contributed by atoms with Crippen LogP contribution in [0.5, 0.6) is 5.75 Å². The fourth-order valence-electron chi connectivity index (χ4n) is 0.875. The van der Waals surface area contributed by atoms with Crippen molar-refractivity contribution in [3.8, 4) is 5.75 Å². The molecule has 0 bridgehead atoms. The second-order valence-electron chi connectivity index (χ2n) is 5.15. The zero-order valence-corrected chi connectivity index (χ0v) is 12.6. The number of pyridine rings is 1. The van der Waals surface area contributed by atoms with E-state index in [1.165, 1.54) is 0 Å². The predicted molar refractivity (Wildman–Crippen MR) is 69.8 cm³/mol. The zero-order valence-electron chi connectivity index (χ0n) is 9.97. The molecule has 0 N–H and O–H groups in total. The highest BCUT2D eigenvalue weighted by atomic mass is 79.9. The summed E-state index contributed by atoms with van der Waals surface area (Å²) in [5.74, 6) is 0.851. The van der Waals surface area contributed by atoms with Crippen molar-refractivity contribution in [3.63, 3.8) is 0 Å². The minimum Gasteiger partial charge on any atom is -0.542 e. The van der Waals surface area contributed by atoms with Crippen molar-refractivity contribution in [1.82, 2.24) is 4.98 Å². The summed E-state index contributed by atoms with van der Waals surface area (Å²) in [6, 6.07) is 3.85. The van der Waals surface area contributed by atoms with E-state index in [0.29, 0.717) is 0 Å². The molecule has 0 amide bonds. The van der Waals surface area contributed by atoms with Crippen molar-refractivity contribution in [3.05, 3.63) is 22.9 Å². The van der Waals surface area contributed by atoms with Crippen LogP contribution in [0.2, 0.25) is 18.1 Å². The van der Waals surface area contributed by atoms with Crippen molar-refractivity contribution in [1.29, 1.82) is 0 Å². The zero-order chi connectivity index (χ0) is 11.7. The second kappa shape index (κ2) is 4.26. The van der Waals surface area contributed by atoms with Crippen molar-refractivity contribution in [2.75, 3.05) is 0 Å². The highest BCUT2D eigenvalue weighted by Crippen LogP contribution is 2.38. The fraction of sp³-hybridized carbons (Fsp3) is 0.545. The van der Waals surface area contributed by atoms with E-state index in [1.807, 2.05) is 12.1 Å². The molecule has 0 saturated heterocycles. The summed E-state index contributed by atoms with van der Waals surface area (Å²) in [5.41, 5.74) is 0. The fourth-order valence-corrected chi connectivity index (χ4v) is 2.38. The SMILES string of the molecule is CC(C)(C)[Si](C)(C)Oc1cccnc1Br. The maximum Gasteiger partial charge on any atom is 0.250 e. The van der Waals surface area contributed by atoms with Crippen LogP contribution in [0.4, 0.5) is 0 Å². The van der Waals surface area contributed by atoms with E-state index in [-0.39, 0.29) is 5.04 Å². The summed E-state index contributed by atoms with van der Waals surface area (Å²) >= 11 is 3.40. The number of aromatic nitrogens is 1. The smallest absolute Gasteiger partial charge is 0.250 e. The number of nitrogens with zero attached hydrogens (tertiary/aromatic N) is 1. The molecule has 0 aliphatic rings. The Labute approximate surface area is 101 Å². The molecular weight excluding hydrogens is 270 g/mol. The van der Waals surface area contributed by atoms with Crippen LogP contribution in [0.3, 0.4) is 0 Å². The maximum absolute atomic E-state index is 6.13. The molecule has 0 spiro atoms. The molecule has 1 rings (SSSR count).